The van der Waals surface area contributed by atoms with Crippen molar-refractivity contribution in [1.82, 2.24) is 10.1 Å². The highest BCUT2D eigenvalue weighted by atomic mass is 79.9. The lowest BCUT2D eigenvalue weighted by atomic mass is 10.2. The van der Waals surface area contributed by atoms with Crippen LogP contribution in [0.1, 0.15) is 0 Å². The summed E-state index contributed by atoms with van der Waals surface area (Å²) in [4.78, 5) is 3.79. The van der Waals surface area contributed by atoms with E-state index >= 15 is 0 Å². The number of hydrogen-bond acceptors (Lipinski definition) is 4. The van der Waals surface area contributed by atoms with Crippen molar-refractivity contribution in [1.29, 1.82) is 0 Å². The van der Waals surface area contributed by atoms with E-state index in [-0.39, 0.29) is 17.7 Å². The predicted molar refractivity (Wildman–Crippen MR) is 51.8 cm³/mol. The molecule has 0 atom stereocenters. The fraction of sp³-hybridized carbons (Fsp3) is 0. The highest BCUT2D eigenvalue weighted by Crippen LogP contribution is 2.26. The van der Waals surface area contributed by atoms with Crippen LogP contribution < -0.4 is 5.73 Å². The van der Waals surface area contributed by atoms with E-state index in [9.17, 15) is 4.39 Å². The molecule has 0 saturated heterocycles. The minimum atomic E-state index is -0.369. The van der Waals surface area contributed by atoms with Crippen molar-refractivity contribution >= 4 is 21.9 Å². The molecule has 1 heterocycles. The molecule has 2 N–H and O–H groups in total. The molecule has 0 aliphatic carbocycles. The van der Waals surface area contributed by atoms with Crippen LogP contribution in [0.15, 0.2) is 27.2 Å². The topological polar surface area (TPSA) is 64.9 Å². The monoisotopic (exact) mass is 257 g/mol. The number of aromatic nitrogens is 2. The van der Waals surface area contributed by atoms with Crippen LogP contribution in [0, 0.1) is 5.82 Å². The van der Waals surface area contributed by atoms with Crippen molar-refractivity contribution in [3.63, 3.8) is 0 Å². The first kappa shape index (κ1) is 9.14. The van der Waals surface area contributed by atoms with Crippen LogP contribution in [0.2, 0.25) is 0 Å². The molecule has 1 aromatic heterocycles. The van der Waals surface area contributed by atoms with E-state index in [1.807, 2.05) is 0 Å². The SMILES string of the molecule is Nc1nc(-c2cc(F)ccc2Br)no1. The molecular formula is C8H5BrFN3O. The van der Waals surface area contributed by atoms with Crippen LogP contribution in [0.4, 0.5) is 10.4 Å². The summed E-state index contributed by atoms with van der Waals surface area (Å²) in [5.41, 5.74) is 5.76. The second-order valence-corrected chi connectivity index (χ2v) is 3.43. The van der Waals surface area contributed by atoms with E-state index in [0.717, 1.165) is 0 Å². The van der Waals surface area contributed by atoms with Gasteiger partial charge >= 0.3 is 6.01 Å². The molecule has 0 fully saturated rings. The van der Waals surface area contributed by atoms with Crippen molar-refractivity contribution in [3.05, 3.63) is 28.5 Å². The van der Waals surface area contributed by atoms with E-state index in [0.29, 0.717) is 10.0 Å². The molecule has 0 unspecified atom stereocenters. The molecular weight excluding hydrogens is 253 g/mol. The molecule has 0 amide bonds. The van der Waals surface area contributed by atoms with E-state index in [4.69, 9.17) is 5.73 Å². The standard InChI is InChI=1S/C8H5BrFN3O/c9-6-2-1-4(10)3-5(6)7-12-8(11)14-13-7/h1-3H,(H2,11,12,13). The first-order chi connectivity index (χ1) is 6.66. The number of benzene rings is 1. The van der Waals surface area contributed by atoms with E-state index in [1.54, 1.807) is 6.07 Å². The molecule has 0 aliphatic heterocycles. The third-order valence-electron chi connectivity index (χ3n) is 1.61. The van der Waals surface area contributed by atoms with Crippen molar-refractivity contribution in [2.24, 2.45) is 0 Å². The summed E-state index contributed by atoms with van der Waals surface area (Å²) in [7, 11) is 0. The van der Waals surface area contributed by atoms with Gasteiger partial charge in [-0.1, -0.05) is 21.1 Å². The first-order valence-electron chi connectivity index (χ1n) is 3.71. The highest BCUT2D eigenvalue weighted by molar-refractivity contribution is 9.10. The normalized spacial score (nSPS) is 10.4. The van der Waals surface area contributed by atoms with Crippen LogP contribution in [-0.4, -0.2) is 10.1 Å². The van der Waals surface area contributed by atoms with Gasteiger partial charge in [-0.2, -0.15) is 4.98 Å². The zero-order valence-corrected chi connectivity index (χ0v) is 8.45. The second-order valence-electron chi connectivity index (χ2n) is 2.58. The lowest BCUT2D eigenvalue weighted by molar-refractivity contribution is 0.437. The molecule has 0 bridgehead atoms. The third-order valence-corrected chi connectivity index (χ3v) is 2.30. The second kappa shape index (κ2) is 3.38. The van der Waals surface area contributed by atoms with Crippen LogP contribution in [0.3, 0.4) is 0 Å². The molecule has 2 rings (SSSR count). The summed E-state index contributed by atoms with van der Waals surface area (Å²) in [6.07, 6.45) is 0. The molecule has 1 aromatic carbocycles. The number of nitrogen functional groups attached to an aromatic ring is 1. The van der Waals surface area contributed by atoms with Gasteiger partial charge in [-0.05, 0) is 18.2 Å². The lowest BCUT2D eigenvalue weighted by Gasteiger charge is -1.97. The van der Waals surface area contributed by atoms with Gasteiger partial charge in [-0.3, -0.25) is 0 Å². The smallest absolute Gasteiger partial charge is 0.319 e. The van der Waals surface area contributed by atoms with Crippen molar-refractivity contribution in [3.8, 4) is 11.4 Å². The Balaban J connectivity index is 2.55. The summed E-state index contributed by atoms with van der Waals surface area (Å²) in [6, 6.07) is 4.15. The summed E-state index contributed by atoms with van der Waals surface area (Å²) < 4.78 is 18.2. The van der Waals surface area contributed by atoms with Gasteiger partial charge in [-0.15, -0.1) is 0 Å². The molecule has 14 heavy (non-hydrogen) atoms. The van der Waals surface area contributed by atoms with E-state index in [2.05, 4.69) is 30.6 Å². The minimum absolute atomic E-state index is 0.0452. The Morgan fingerprint density at radius 1 is 1.43 bits per heavy atom. The summed E-state index contributed by atoms with van der Waals surface area (Å²) in [6.45, 7) is 0. The average molecular weight is 258 g/mol. The number of halogens is 2. The van der Waals surface area contributed by atoms with Crippen LogP contribution in [-0.2, 0) is 0 Å². The van der Waals surface area contributed by atoms with Gasteiger partial charge in [0.1, 0.15) is 5.82 Å². The Morgan fingerprint density at radius 3 is 2.86 bits per heavy atom. The van der Waals surface area contributed by atoms with Crippen LogP contribution in [0.5, 0.6) is 0 Å². The molecule has 6 heteroatoms. The predicted octanol–water partition coefficient (Wildman–Crippen LogP) is 2.22. The maximum atomic E-state index is 12.9. The molecule has 0 saturated carbocycles. The third kappa shape index (κ3) is 1.60. The Kier molecular flexibility index (Phi) is 2.20. The van der Waals surface area contributed by atoms with E-state index in [1.165, 1.54) is 12.1 Å². The number of rotatable bonds is 1. The highest BCUT2D eigenvalue weighted by Gasteiger charge is 2.10. The summed E-state index contributed by atoms with van der Waals surface area (Å²) in [5.74, 6) is -0.111. The van der Waals surface area contributed by atoms with Crippen molar-refractivity contribution in [2.75, 3.05) is 5.73 Å². The van der Waals surface area contributed by atoms with Gasteiger partial charge in [0.15, 0.2) is 0 Å². The Bertz CT molecular complexity index is 471. The number of nitrogens with zero attached hydrogens (tertiary/aromatic N) is 2. The zero-order chi connectivity index (χ0) is 10.1. The Hall–Kier alpha value is -1.43. The summed E-state index contributed by atoms with van der Waals surface area (Å²) in [5, 5.41) is 3.58. The van der Waals surface area contributed by atoms with Gasteiger partial charge in [0, 0.05) is 10.0 Å². The Morgan fingerprint density at radius 2 is 2.21 bits per heavy atom. The fourth-order valence-electron chi connectivity index (χ4n) is 1.01. The largest absolute Gasteiger partial charge is 0.351 e. The van der Waals surface area contributed by atoms with Crippen LogP contribution in [0.25, 0.3) is 11.4 Å². The Labute approximate surface area is 87.0 Å². The van der Waals surface area contributed by atoms with Gasteiger partial charge in [-0.25, -0.2) is 4.39 Å². The van der Waals surface area contributed by atoms with Gasteiger partial charge in [0.2, 0.25) is 5.82 Å². The molecule has 4 nitrogen and oxygen atoms in total. The maximum Gasteiger partial charge on any atom is 0.319 e. The van der Waals surface area contributed by atoms with Crippen LogP contribution >= 0.6 is 15.9 Å². The van der Waals surface area contributed by atoms with Gasteiger partial charge in [0.25, 0.3) is 0 Å². The van der Waals surface area contributed by atoms with E-state index < -0.39 is 0 Å². The first-order valence-corrected chi connectivity index (χ1v) is 4.51. The number of hydrogen-bond donors (Lipinski definition) is 1. The molecule has 72 valence electrons. The molecule has 0 spiro atoms. The molecule has 0 aliphatic rings. The number of nitrogens with two attached hydrogens (primary N) is 1. The van der Waals surface area contributed by atoms with Gasteiger partial charge < -0.3 is 10.3 Å². The quantitative estimate of drug-likeness (QED) is 0.851. The summed E-state index contributed by atoms with van der Waals surface area (Å²) >= 11 is 3.25. The number of anilines is 1. The minimum Gasteiger partial charge on any atom is -0.351 e. The van der Waals surface area contributed by atoms with Crippen molar-refractivity contribution < 1.29 is 8.91 Å². The van der Waals surface area contributed by atoms with Gasteiger partial charge in [0.05, 0.1) is 0 Å². The zero-order valence-electron chi connectivity index (χ0n) is 6.87. The van der Waals surface area contributed by atoms with Crippen molar-refractivity contribution in [2.45, 2.75) is 0 Å². The lowest BCUT2D eigenvalue weighted by Crippen LogP contribution is -1.86. The molecule has 0 radical (unpaired) electrons. The molecule has 2 aromatic rings. The average Bonchev–Trinajstić information content (AvgIpc) is 2.56. The fourth-order valence-corrected chi connectivity index (χ4v) is 1.44. The maximum absolute atomic E-state index is 12.9.